The summed E-state index contributed by atoms with van der Waals surface area (Å²) in [7, 11) is -1.69. The van der Waals surface area contributed by atoms with Gasteiger partial charge in [0.15, 0.2) is 5.03 Å². The number of aromatic amines is 1. The first-order valence-electron chi connectivity index (χ1n) is 7.89. The first kappa shape index (κ1) is 16.2. The number of rotatable bonds is 6. The Morgan fingerprint density at radius 2 is 2.09 bits per heavy atom. The topological polar surface area (TPSA) is 83.9 Å². The lowest BCUT2D eigenvalue weighted by Gasteiger charge is -2.21. The molecule has 23 heavy (non-hydrogen) atoms. The van der Waals surface area contributed by atoms with E-state index < -0.39 is 10.0 Å². The summed E-state index contributed by atoms with van der Waals surface area (Å²) in [6, 6.07) is 0.0763. The van der Waals surface area contributed by atoms with Crippen LogP contribution in [0.1, 0.15) is 42.5 Å². The zero-order chi connectivity index (χ0) is 16.8. The fourth-order valence-electron chi connectivity index (χ4n) is 2.76. The van der Waals surface area contributed by atoms with Crippen LogP contribution in [0.2, 0.25) is 0 Å². The molecule has 0 aliphatic heterocycles. The standard InChI is InChI=1S/C15H23N5O2S/c1-5-14-16-8-15(17-14)23(21,22)20(12-6-7-12)9-13-10(2)18-19(4)11(13)3/h8,12H,5-7,9H2,1-4H3,(H,16,17). The fraction of sp³-hybridized carbons (Fsp3) is 0.600. The molecule has 7 nitrogen and oxygen atoms in total. The van der Waals surface area contributed by atoms with Crippen molar-refractivity contribution in [3.63, 3.8) is 0 Å². The van der Waals surface area contributed by atoms with Crippen LogP contribution in [0.25, 0.3) is 0 Å². The molecule has 1 aliphatic carbocycles. The normalized spacial score (nSPS) is 15.5. The Hall–Kier alpha value is -1.67. The quantitative estimate of drug-likeness (QED) is 0.869. The van der Waals surface area contributed by atoms with E-state index in [9.17, 15) is 8.42 Å². The van der Waals surface area contributed by atoms with Crippen molar-refractivity contribution in [1.29, 1.82) is 0 Å². The maximum absolute atomic E-state index is 13.0. The summed E-state index contributed by atoms with van der Waals surface area (Å²) in [5.74, 6) is 0.688. The first-order chi connectivity index (χ1) is 10.8. The van der Waals surface area contributed by atoms with Gasteiger partial charge in [0.25, 0.3) is 10.0 Å². The smallest absolute Gasteiger partial charge is 0.260 e. The molecular formula is C15H23N5O2S. The van der Waals surface area contributed by atoms with Gasteiger partial charge < -0.3 is 4.98 Å². The number of nitrogens with one attached hydrogen (secondary N) is 1. The Labute approximate surface area is 136 Å². The molecule has 0 unspecified atom stereocenters. The van der Waals surface area contributed by atoms with Gasteiger partial charge in [0, 0.05) is 37.3 Å². The molecule has 1 N–H and O–H groups in total. The minimum absolute atomic E-state index is 0.0763. The Kier molecular flexibility index (Phi) is 4.05. The second-order valence-electron chi connectivity index (χ2n) is 6.10. The lowest BCUT2D eigenvalue weighted by Crippen LogP contribution is -2.33. The van der Waals surface area contributed by atoms with Crippen molar-refractivity contribution in [3.05, 3.63) is 29.0 Å². The number of imidazole rings is 1. The Bertz CT molecular complexity index is 817. The van der Waals surface area contributed by atoms with Crippen LogP contribution in [0.15, 0.2) is 11.2 Å². The fourth-order valence-corrected chi connectivity index (χ4v) is 4.34. The van der Waals surface area contributed by atoms with E-state index in [1.54, 1.807) is 8.99 Å². The van der Waals surface area contributed by atoms with Crippen molar-refractivity contribution in [2.75, 3.05) is 0 Å². The zero-order valence-corrected chi connectivity index (χ0v) is 14.8. The number of aromatic nitrogens is 4. The highest BCUT2D eigenvalue weighted by Gasteiger charge is 2.39. The molecule has 0 spiro atoms. The Morgan fingerprint density at radius 1 is 1.39 bits per heavy atom. The van der Waals surface area contributed by atoms with Crippen LogP contribution in [0.4, 0.5) is 0 Å². The summed E-state index contributed by atoms with van der Waals surface area (Å²) in [4.78, 5) is 7.06. The average molecular weight is 337 g/mol. The maximum Gasteiger partial charge on any atom is 0.260 e. The second kappa shape index (κ2) is 5.76. The molecule has 0 atom stereocenters. The van der Waals surface area contributed by atoms with Crippen molar-refractivity contribution in [2.45, 2.75) is 57.6 Å². The van der Waals surface area contributed by atoms with Gasteiger partial charge in [-0.1, -0.05) is 6.92 Å². The molecule has 2 aromatic rings. The summed E-state index contributed by atoms with van der Waals surface area (Å²) >= 11 is 0. The molecular weight excluding hydrogens is 314 g/mol. The third-order valence-corrected chi connectivity index (χ3v) is 6.26. The summed E-state index contributed by atoms with van der Waals surface area (Å²) in [6.07, 6.45) is 3.92. The predicted octanol–water partition coefficient (Wildman–Crippen LogP) is 1.68. The molecule has 1 aliphatic rings. The van der Waals surface area contributed by atoms with Crippen LogP contribution in [0, 0.1) is 13.8 Å². The van der Waals surface area contributed by atoms with E-state index in [0.29, 0.717) is 18.8 Å². The Balaban J connectivity index is 1.95. The number of hydrogen-bond acceptors (Lipinski definition) is 4. The van der Waals surface area contributed by atoms with Gasteiger partial charge in [-0.25, -0.2) is 13.4 Å². The number of nitrogens with zero attached hydrogens (tertiary/aromatic N) is 4. The minimum Gasteiger partial charge on any atom is -0.332 e. The van der Waals surface area contributed by atoms with Crippen molar-refractivity contribution in [3.8, 4) is 0 Å². The third kappa shape index (κ3) is 2.92. The van der Waals surface area contributed by atoms with Crippen LogP contribution >= 0.6 is 0 Å². The molecule has 8 heteroatoms. The number of sulfonamides is 1. The maximum atomic E-state index is 13.0. The summed E-state index contributed by atoms with van der Waals surface area (Å²) < 4.78 is 29.4. The predicted molar refractivity (Wildman–Crippen MR) is 86.4 cm³/mol. The molecule has 0 amide bonds. The second-order valence-corrected chi connectivity index (χ2v) is 7.96. The lowest BCUT2D eigenvalue weighted by molar-refractivity contribution is 0.395. The monoisotopic (exact) mass is 337 g/mol. The van der Waals surface area contributed by atoms with Crippen molar-refractivity contribution < 1.29 is 8.42 Å². The summed E-state index contributed by atoms with van der Waals surface area (Å²) in [5.41, 5.74) is 2.87. The largest absolute Gasteiger partial charge is 0.332 e. The van der Waals surface area contributed by atoms with E-state index in [1.807, 2.05) is 27.8 Å². The SMILES string of the molecule is CCc1ncc(S(=O)(=O)N(Cc2c(C)nn(C)c2C)C2CC2)[nH]1. The zero-order valence-electron chi connectivity index (χ0n) is 14.0. The molecule has 0 bridgehead atoms. The van der Waals surface area contributed by atoms with Gasteiger partial charge in [-0.05, 0) is 26.7 Å². The molecule has 0 saturated heterocycles. The van der Waals surface area contributed by atoms with Gasteiger partial charge in [-0.15, -0.1) is 0 Å². The third-order valence-electron chi connectivity index (χ3n) is 4.45. The van der Waals surface area contributed by atoms with Crippen LogP contribution < -0.4 is 0 Å². The van der Waals surface area contributed by atoms with Gasteiger partial charge in [0.1, 0.15) is 5.82 Å². The van der Waals surface area contributed by atoms with Gasteiger partial charge >= 0.3 is 0 Å². The van der Waals surface area contributed by atoms with Gasteiger partial charge in [0.2, 0.25) is 0 Å². The van der Waals surface area contributed by atoms with Crippen LogP contribution in [0.5, 0.6) is 0 Å². The Morgan fingerprint density at radius 3 is 2.57 bits per heavy atom. The van der Waals surface area contributed by atoms with Gasteiger partial charge in [-0.3, -0.25) is 4.68 Å². The van der Waals surface area contributed by atoms with Crippen LogP contribution in [-0.2, 0) is 30.0 Å². The molecule has 0 radical (unpaired) electrons. The van der Waals surface area contributed by atoms with Crippen LogP contribution in [-0.4, -0.2) is 38.5 Å². The minimum atomic E-state index is -3.57. The first-order valence-corrected chi connectivity index (χ1v) is 9.33. The van der Waals surface area contributed by atoms with Crippen molar-refractivity contribution in [1.82, 2.24) is 24.1 Å². The van der Waals surface area contributed by atoms with E-state index >= 15 is 0 Å². The number of hydrogen-bond donors (Lipinski definition) is 1. The highest BCUT2D eigenvalue weighted by molar-refractivity contribution is 7.89. The van der Waals surface area contributed by atoms with E-state index in [0.717, 1.165) is 29.8 Å². The average Bonchev–Trinajstić information content (AvgIpc) is 3.15. The van der Waals surface area contributed by atoms with E-state index in [4.69, 9.17) is 0 Å². The van der Waals surface area contributed by atoms with Crippen LogP contribution in [0.3, 0.4) is 0 Å². The highest BCUT2D eigenvalue weighted by Crippen LogP contribution is 2.34. The lowest BCUT2D eigenvalue weighted by atomic mass is 10.2. The van der Waals surface area contributed by atoms with Gasteiger partial charge in [-0.2, -0.15) is 9.40 Å². The molecule has 126 valence electrons. The highest BCUT2D eigenvalue weighted by atomic mass is 32.2. The van der Waals surface area contributed by atoms with Gasteiger partial charge in [0.05, 0.1) is 11.9 Å². The number of H-pyrrole nitrogens is 1. The van der Waals surface area contributed by atoms with E-state index in [-0.39, 0.29) is 11.1 Å². The molecule has 1 fully saturated rings. The molecule has 0 aromatic carbocycles. The molecule has 3 rings (SSSR count). The number of aryl methyl sites for hydroxylation is 3. The molecule has 2 heterocycles. The van der Waals surface area contributed by atoms with Crippen molar-refractivity contribution in [2.24, 2.45) is 7.05 Å². The summed E-state index contributed by atoms with van der Waals surface area (Å²) in [5, 5.41) is 4.57. The molecule has 1 saturated carbocycles. The van der Waals surface area contributed by atoms with Crippen molar-refractivity contribution >= 4 is 10.0 Å². The molecule has 2 aromatic heterocycles. The summed E-state index contributed by atoms with van der Waals surface area (Å²) in [6.45, 7) is 6.19. The van der Waals surface area contributed by atoms with E-state index in [2.05, 4.69) is 15.1 Å². The van der Waals surface area contributed by atoms with E-state index in [1.165, 1.54) is 6.20 Å².